The summed E-state index contributed by atoms with van der Waals surface area (Å²) in [6.45, 7) is 20.9. The number of hydrogen-bond donors (Lipinski definition) is 0. The highest BCUT2D eigenvalue weighted by atomic mass is 15.2. The molecule has 103 heavy (non-hydrogen) atoms. The average molecular weight is 1350 g/mol. The van der Waals surface area contributed by atoms with Crippen molar-refractivity contribution in [3.05, 3.63) is 258 Å². The maximum atomic E-state index is 4.67. The number of allylic oxidation sites excluding steroid dienone is 5. The van der Waals surface area contributed by atoms with E-state index < -0.39 is 0 Å². The van der Waals surface area contributed by atoms with Gasteiger partial charge in [0.05, 0.1) is 55.8 Å². The Balaban J connectivity index is 0.861. The van der Waals surface area contributed by atoms with Crippen molar-refractivity contribution in [3.8, 4) is 11.1 Å². The van der Waals surface area contributed by atoms with Crippen molar-refractivity contribution < 1.29 is 0 Å². The van der Waals surface area contributed by atoms with Gasteiger partial charge >= 0.3 is 0 Å². The smallest absolute Gasteiger partial charge is 0.0641 e. The van der Waals surface area contributed by atoms with Crippen LogP contribution in [0.2, 0.25) is 0 Å². The van der Waals surface area contributed by atoms with Crippen LogP contribution in [0, 0.1) is 5.92 Å². The van der Waals surface area contributed by atoms with Crippen LogP contribution in [-0.4, -0.2) is 8.80 Å². The Kier molecular flexibility index (Phi) is 16.8. The SMILES string of the molecule is C=C/C(=C\C(=C/C)C1CCCCC1)c1cc(C2CCCCC2)ccc1N(c1ccc(C(C)(C)C)cc1)c1ccc2c3cc4c(cc3n3c5ccccc5c1c23)c1ccc(N(c2ccc(C(C)(C)C)cc2)c2ccc(C3CCCCC3)cc2-c2cccc(C3CCCCC3)c2)c2c3ccccc3n4c12. The molecular weight excluding hydrogens is 1250 g/mol. The molecule has 0 atom stereocenters. The van der Waals surface area contributed by atoms with Crippen molar-refractivity contribution in [2.75, 3.05) is 9.80 Å². The number of aromatic nitrogens is 2. The molecular formula is C99H102N4. The highest BCUT2D eigenvalue weighted by molar-refractivity contribution is 6.32. The van der Waals surface area contributed by atoms with Crippen molar-refractivity contribution >= 4 is 116 Å². The molecule has 0 aliphatic heterocycles. The number of rotatable bonds is 14. The van der Waals surface area contributed by atoms with Crippen LogP contribution in [0.1, 0.15) is 228 Å². The molecule has 18 rings (SSSR count). The molecule has 4 aliphatic rings. The fourth-order valence-corrected chi connectivity index (χ4v) is 19.9. The molecule has 4 nitrogen and oxygen atoms in total. The third kappa shape index (κ3) is 11.4. The summed E-state index contributed by atoms with van der Waals surface area (Å²) in [5.74, 6) is 2.30. The van der Waals surface area contributed by atoms with Gasteiger partial charge in [-0.05, 0) is 222 Å². The lowest BCUT2D eigenvalue weighted by molar-refractivity contribution is 0.408. The summed E-state index contributed by atoms with van der Waals surface area (Å²) >= 11 is 0. The fraction of sp³-hybridized carbons (Fsp3) is 0.333. The largest absolute Gasteiger partial charge is 0.309 e. The maximum absolute atomic E-state index is 4.67. The Labute approximate surface area is 611 Å². The van der Waals surface area contributed by atoms with E-state index in [-0.39, 0.29) is 10.8 Å². The molecule has 14 aromatic rings. The van der Waals surface area contributed by atoms with Gasteiger partial charge in [-0.1, -0.05) is 253 Å². The van der Waals surface area contributed by atoms with Crippen LogP contribution >= 0.6 is 0 Å². The minimum Gasteiger partial charge on any atom is -0.309 e. The van der Waals surface area contributed by atoms with Crippen LogP contribution in [-0.2, 0) is 10.8 Å². The molecule has 0 bridgehead atoms. The molecule has 0 radical (unpaired) electrons. The molecule has 4 aliphatic carbocycles. The molecule has 4 heteroatoms. The van der Waals surface area contributed by atoms with Gasteiger partial charge in [0.2, 0.25) is 0 Å². The van der Waals surface area contributed by atoms with E-state index in [0.717, 1.165) is 5.69 Å². The molecule has 0 unspecified atom stereocenters. The summed E-state index contributed by atoms with van der Waals surface area (Å²) < 4.78 is 5.27. The summed E-state index contributed by atoms with van der Waals surface area (Å²) in [7, 11) is 0. The zero-order valence-electron chi connectivity index (χ0n) is 62.2. The van der Waals surface area contributed by atoms with E-state index in [1.807, 2.05) is 0 Å². The van der Waals surface area contributed by atoms with Crippen LogP contribution in [0.5, 0.6) is 0 Å². The Hall–Kier alpha value is -9.38. The van der Waals surface area contributed by atoms with E-state index in [1.54, 1.807) is 0 Å². The zero-order valence-corrected chi connectivity index (χ0v) is 62.2. The Morgan fingerprint density at radius 2 is 0.825 bits per heavy atom. The van der Waals surface area contributed by atoms with Gasteiger partial charge < -0.3 is 18.6 Å². The molecule has 518 valence electrons. The normalized spacial score (nSPS) is 17.1. The lowest BCUT2D eigenvalue weighted by Crippen LogP contribution is -2.15. The minimum absolute atomic E-state index is 0.00329. The summed E-state index contributed by atoms with van der Waals surface area (Å²) in [5.41, 5.74) is 28.3. The molecule has 4 heterocycles. The first-order chi connectivity index (χ1) is 50.3. The molecule has 0 saturated heterocycles. The zero-order chi connectivity index (χ0) is 69.8. The van der Waals surface area contributed by atoms with Crippen LogP contribution in [0.4, 0.5) is 34.1 Å². The maximum Gasteiger partial charge on any atom is 0.0641 e. The van der Waals surface area contributed by atoms with Gasteiger partial charge in [0.1, 0.15) is 0 Å². The Morgan fingerprint density at radius 3 is 1.30 bits per heavy atom. The minimum atomic E-state index is -0.00329. The first kappa shape index (κ1) is 65.6. The number of nitrogens with zero attached hydrogens (tertiary/aromatic N) is 4. The van der Waals surface area contributed by atoms with Crippen molar-refractivity contribution in [2.24, 2.45) is 5.92 Å². The van der Waals surface area contributed by atoms with Gasteiger partial charge in [-0.3, -0.25) is 0 Å². The van der Waals surface area contributed by atoms with Gasteiger partial charge in [0, 0.05) is 65.6 Å². The lowest BCUT2D eigenvalue weighted by atomic mass is 9.81. The number of hydrogen-bond acceptors (Lipinski definition) is 2. The van der Waals surface area contributed by atoms with Gasteiger partial charge in [-0.15, -0.1) is 0 Å². The number of fused-ring (bicyclic) bond motifs is 12. The highest BCUT2D eigenvalue weighted by Gasteiger charge is 2.33. The highest BCUT2D eigenvalue weighted by Crippen LogP contribution is 2.55. The lowest BCUT2D eigenvalue weighted by Gasteiger charge is -2.31. The number of benzene rings is 10. The molecule has 4 aromatic heterocycles. The van der Waals surface area contributed by atoms with E-state index in [4.69, 9.17) is 0 Å². The van der Waals surface area contributed by atoms with E-state index >= 15 is 0 Å². The molecule has 4 fully saturated rings. The van der Waals surface area contributed by atoms with Crippen molar-refractivity contribution in [3.63, 3.8) is 0 Å². The van der Waals surface area contributed by atoms with Crippen LogP contribution < -0.4 is 9.80 Å². The average Bonchev–Trinajstić information content (AvgIpc) is 1.52. The van der Waals surface area contributed by atoms with Gasteiger partial charge in [-0.25, -0.2) is 0 Å². The fourth-order valence-electron chi connectivity index (χ4n) is 19.9. The second-order valence-corrected chi connectivity index (χ2v) is 33.7. The van der Waals surface area contributed by atoms with Crippen LogP contribution in [0.25, 0.3) is 92.9 Å². The van der Waals surface area contributed by atoms with Crippen LogP contribution in [0.15, 0.2) is 225 Å². The van der Waals surface area contributed by atoms with E-state index in [9.17, 15) is 0 Å². The van der Waals surface area contributed by atoms with Gasteiger partial charge in [0.15, 0.2) is 0 Å². The predicted octanol–water partition coefficient (Wildman–Crippen LogP) is 29.4. The standard InChI is InChI=1S/C99H102N4/c1-9-64(66-28-15-11-16-29-66)58-65(10-2)82-60-71(68-32-19-13-20-33-68)42-54-88(82)100(76-48-44-74(45-49-76)98(3,4)5)90-56-52-78-84-62-93-85(63-92(84)102-86-40-25-23-38-80(86)94(90)96(78)102)79-53-57-91(95-81-39-24-26-41-87(81)103(93)97(79)95)101(77-50-46-75(47-51-77)99(6,7)8)89-55-43-72(69-34-21-14-22-35-69)61-83(89)73-37-27-36-70(59-73)67-30-17-12-18-31-67/h9-10,23-27,36-63,66-69H,2,11-22,28-35H2,1,3-8H3/b64-9+,65-58+. The van der Waals surface area contributed by atoms with Gasteiger partial charge in [0.25, 0.3) is 0 Å². The first-order valence-corrected chi connectivity index (χ1v) is 39.8. The summed E-state index contributed by atoms with van der Waals surface area (Å²) in [6, 6.07) is 77.7. The second kappa shape index (κ2) is 26.4. The third-order valence-corrected chi connectivity index (χ3v) is 25.4. The summed E-state index contributed by atoms with van der Waals surface area (Å²) in [4.78, 5) is 5.27. The first-order valence-electron chi connectivity index (χ1n) is 39.8. The van der Waals surface area contributed by atoms with E-state index in [2.05, 4.69) is 286 Å². The molecule has 0 amide bonds. The number of para-hydroxylation sites is 2. The summed E-state index contributed by atoms with van der Waals surface area (Å²) in [6.07, 6.45) is 33.0. The molecule has 0 spiro atoms. The van der Waals surface area contributed by atoms with E-state index in [0.29, 0.717) is 23.7 Å². The Bertz CT molecular complexity index is 5590. The van der Waals surface area contributed by atoms with E-state index in [1.165, 1.54) is 289 Å². The molecule has 10 aromatic carbocycles. The monoisotopic (exact) mass is 1350 g/mol. The number of anilines is 6. The summed E-state index contributed by atoms with van der Waals surface area (Å²) in [5, 5.41) is 10.2. The topological polar surface area (TPSA) is 15.3 Å². The predicted molar refractivity (Wildman–Crippen MR) is 444 cm³/mol. The van der Waals surface area contributed by atoms with Crippen molar-refractivity contribution in [2.45, 2.75) is 205 Å². The van der Waals surface area contributed by atoms with Gasteiger partial charge in [-0.2, -0.15) is 0 Å². The van der Waals surface area contributed by atoms with Crippen LogP contribution in [0.3, 0.4) is 0 Å². The quantitative estimate of drug-likeness (QED) is 0.101. The molecule has 4 saturated carbocycles. The van der Waals surface area contributed by atoms with Crippen molar-refractivity contribution in [1.29, 1.82) is 0 Å². The Morgan fingerprint density at radius 1 is 0.388 bits per heavy atom. The third-order valence-electron chi connectivity index (χ3n) is 25.4. The molecule has 0 N–H and O–H groups in total. The second-order valence-electron chi connectivity index (χ2n) is 33.7. The van der Waals surface area contributed by atoms with Crippen molar-refractivity contribution in [1.82, 2.24) is 8.80 Å².